The Kier molecular flexibility index (Phi) is 6.20. The Labute approximate surface area is 187 Å². The molecule has 0 N–H and O–H groups in total. The van der Waals surface area contributed by atoms with Crippen LogP contribution in [0.4, 0.5) is 5.82 Å². The van der Waals surface area contributed by atoms with Gasteiger partial charge in [-0.1, -0.05) is 6.07 Å². The molecule has 1 atom stereocenters. The third kappa shape index (κ3) is 4.09. The third-order valence-corrected chi connectivity index (χ3v) is 7.91. The van der Waals surface area contributed by atoms with Gasteiger partial charge in [0.2, 0.25) is 15.9 Å². The number of methoxy groups -OCH3 is 1. The molecule has 0 saturated carbocycles. The summed E-state index contributed by atoms with van der Waals surface area (Å²) in [5.74, 6) is 0.0831. The zero-order chi connectivity index (χ0) is 22.9. The van der Waals surface area contributed by atoms with E-state index < -0.39 is 22.0 Å². The molecule has 0 unspecified atom stereocenters. The van der Waals surface area contributed by atoms with Gasteiger partial charge in [-0.15, -0.1) is 0 Å². The number of aromatic nitrogens is 2. The number of nitrogens with zero attached hydrogens (tertiary/aromatic N) is 5. The summed E-state index contributed by atoms with van der Waals surface area (Å²) in [6.07, 6.45) is 4.21. The van der Waals surface area contributed by atoms with Gasteiger partial charge < -0.3 is 19.1 Å². The van der Waals surface area contributed by atoms with Crippen LogP contribution in [0.3, 0.4) is 0 Å². The average Bonchev–Trinajstić information content (AvgIpc) is 3.47. The maximum absolute atomic E-state index is 13.3. The summed E-state index contributed by atoms with van der Waals surface area (Å²) < 4.78 is 34.0. The van der Waals surface area contributed by atoms with E-state index in [1.54, 1.807) is 18.1 Å². The first-order valence-corrected chi connectivity index (χ1v) is 12.0. The molecule has 2 saturated heterocycles. The van der Waals surface area contributed by atoms with Gasteiger partial charge in [0.15, 0.2) is 0 Å². The number of carbonyl (C=O) groups excluding carboxylic acids is 2. The number of sulfonamides is 1. The summed E-state index contributed by atoms with van der Waals surface area (Å²) in [6.45, 7) is 2.58. The minimum Gasteiger partial charge on any atom is -0.464 e. The fourth-order valence-corrected chi connectivity index (χ4v) is 6.02. The van der Waals surface area contributed by atoms with Crippen molar-refractivity contribution in [3.8, 4) is 0 Å². The number of piperazine rings is 1. The van der Waals surface area contributed by atoms with Gasteiger partial charge in [0.1, 0.15) is 22.4 Å². The van der Waals surface area contributed by atoms with Gasteiger partial charge >= 0.3 is 5.97 Å². The van der Waals surface area contributed by atoms with E-state index in [0.717, 1.165) is 5.82 Å². The zero-order valence-electron chi connectivity index (χ0n) is 18.2. The molecule has 0 radical (unpaired) electrons. The van der Waals surface area contributed by atoms with E-state index in [2.05, 4.69) is 9.88 Å². The fourth-order valence-electron chi connectivity index (χ4n) is 4.30. The molecule has 4 heterocycles. The normalized spacial score (nSPS) is 19.9. The number of amides is 1. The predicted octanol–water partition coefficient (Wildman–Crippen LogP) is 0.709. The molecule has 2 aromatic heterocycles. The second kappa shape index (κ2) is 8.91. The zero-order valence-corrected chi connectivity index (χ0v) is 19.0. The largest absolute Gasteiger partial charge is 0.464 e. The highest BCUT2D eigenvalue weighted by Gasteiger charge is 2.42. The van der Waals surface area contributed by atoms with E-state index in [9.17, 15) is 18.0 Å². The highest BCUT2D eigenvalue weighted by Crippen LogP contribution is 2.29. The Balaban J connectivity index is 1.47. The van der Waals surface area contributed by atoms with Gasteiger partial charge in [-0.2, -0.15) is 4.31 Å². The lowest BCUT2D eigenvalue weighted by Crippen LogP contribution is -2.54. The predicted molar refractivity (Wildman–Crippen MR) is 117 cm³/mol. The van der Waals surface area contributed by atoms with Gasteiger partial charge in [0.05, 0.1) is 7.11 Å². The number of carbonyl (C=O) groups is 2. The van der Waals surface area contributed by atoms with Crippen molar-refractivity contribution in [2.45, 2.75) is 23.8 Å². The van der Waals surface area contributed by atoms with Crippen LogP contribution in [0.25, 0.3) is 0 Å². The maximum Gasteiger partial charge on any atom is 0.354 e. The summed E-state index contributed by atoms with van der Waals surface area (Å²) in [4.78, 5) is 33.3. The highest BCUT2D eigenvalue weighted by molar-refractivity contribution is 7.89. The first-order chi connectivity index (χ1) is 15.3. The van der Waals surface area contributed by atoms with Crippen molar-refractivity contribution in [3.05, 3.63) is 42.4 Å². The quantitative estimate of drug-likeness (QED) is 0.604. The third-order valence-electron chi connectivity index (χ3n) is 6.03. The smallest absolute Gasteiger partial charge is 0.354 e. The number of hydrogen-bond donors (Lipinski definition) is 0. The monoisotopic (exact) mass is 461 g/mol. The molecular formula is C21H27N5O5S. The van der Waals surface area contributed by atoms with Crippen molar-refractivity contribution in [1.29, 1.82) is 0 Å². The van der Waals surface area contributed by atoms with Crippen LogP contribution in [0.2, 0.25) is 0 Å². The summed E-state index contributed by atoms with van der Waals surface area (Å²) in [5, 5.41) is 0. The number of anilines is 1. The summed E-state index contributed by atoms with van der Waals surface area (Å²) in [6, 6.07) is 6.29. The van der Waals surface area contributed by atoms with Gasteiger partial charge in [-0.05, 0) is 31.0 Å². The second-order valence-electron chi connectivity index (χ2n) is 7.94. The maximum atomic E-state index is 13.3. The minimum absolute atomic E-state index is 0.0138. The summed E-state index contributed by atoms with van der Waals surface area (Å²) in [7, 11) is -1.11. The van der Waals surface area contributed by atoms with Gasteiger partial charge in [-0.3, -0.25) is 4.79 Å². The van der Waals surface area contributed by atoms with Crippen molar-refractivity contribution in [1.82, 2.24) is 18.8 Å². The summed E-state index contributed by atoms with van der Waals surface area (Å²) in [5.41, 5.74) is 0.138. The molecule has 2 fully saturated rings. The molecule has 1 amide bonds. The molecule has 32 heavy (non-hydrogen) atoms. The lowest BCUT2D eigenvalue weighted by atomic mass is 10.2. The second-order valence-corrected chi connectivity index (χ2v) is 9.83. The van der Waals surface area contributed by atoms with E-state index in [1.165, 1.54) is 28.2 Å². The van der Waals surface area contributed by atoms with Gasteiger partial charge in [0.25, 0.3) is 0 Å². The topological polar surface area (TPSA) is 105 Å². The van der Waals surface area contributed by atoms with Crippen LogP contribution in [0, 0.1) is 0 Å². The number of hydrogen-bond acceptors (Lipinski definition) is 7. The van der Waals surface area contributed by atoms with Crippen LogP contribution >= 0.6 is 0 Å². The molecule has 0 bridgehead atoms. The van der Waals surface area contributed by atoms with E-state index in [-0.39, 0.29) is 23.0 Å². The minimum atomic E-state index is -3.93. The SMILES string of the molecule is COC(=O)c1cc(S(=O)(=O)N2CCC[C@H]2C(=O)N2CCN(c3ccccn3)CC2)cn1C. The molecule has 0 aliphatic carbocycles. The molecule has 10 nitrogen and oxygen atoms in total. The lowest BCUT2D eigenvalue weighted by molar-refractivity contribution is -0.134. The Morgan fingerprint density at radius 3 is 2.53 bits per heavy atom. The van der Waals surface area contributed by atoms with Crippen LogP contribution in [0.1, 0.15) is 23.3 Å². The fraction of sp³-hybridized carbons (Fsp3) is 0.476. The van der Waals surface area contributed by atoms with Crippen molar-refractivity contribution >= 4 is 27.7 Å². The number of ether oxygens (including phenoxy) is 1. The first-order valence-electron chi connectivity index (χ1n) is 10.5. The van der Waals surface area contributed by atoms with Crippen LogP contribution in [-0.2, 0) is 26.6 Å². The number of aryl methyl sites for hydroxylation is 1. The van der Waals surface area contributed by atoms with E-state index in [4.69, 9.17) is 4.74 Å². The number of esters is 1. The summed E-state index contributed by atoms with van der Waals surface area (Å²) >= 11 is 0. The van der Waals surface area contributed by atoms with Crippen molar-refractivity contribution < 1.29 is 22.7 Å². The van der Waals surface area contributed by atoms with Crippen LogP contribution in [0.15, 0.2) is 41.6 Å². The van der Waals surface area contributed by atoms with Crippen molar-refractivity contribution in [2.24, 2.45) is 7.05 Å². The Morgan fingerprint density at radius 1 is 1.12 bits per heavy atom. The molecular weight excluding hydrogens is 434 g/mol. The van der Waals surface area contributed by atoms with Crippen molar-refractivity contribution in [3.63, 3.8) is 0 Å². The average molecular weight is 462 g/mol. The Morgan fingerprint density at radius 2 is 1.88 bits per heavy atom. The molecule has 2 aliphatic rings. The Hall–Kier alpha value is -2.92. The molecule has 0 spiro atoms. The van der Waals surface area contributed by atoms with Crippen LogP contribution in [0.5, 0.6) is 0 Å². The molecule has 172 valence electrons. The first kappa shape index (κ1) is 22.3. The standard InChI is InChI=1S/C21H27N5O5S/c1-23-15-16(14-18(23)21(28)31-2)32(29,30)26-9-5-6-17(26)20(27)25-12-10-24(11-13-25)19-7-3-4-8-22-19/h3-4,7-8,14-15,17H,5-6,9-13H2,1-2H3/t17-/m0/s1. The Bertz CT molecular complexity index is 1090. The molecule has 0 aromatic carbocycles. The number of pyridine rings is 1. The molecule has 2 aliphatic heterocycles. The molecule has 4 rings (SSSR count). The van der Waals surface area contributed by atoms with E-state index in [0.29, 0.717) is 39.0 Å². The highest BCUT2D eigenvalue weighted by atomic mass is 32.2. The van der Waals surface area contributed by atoms with Crippen LogP contribution < -0.4 is 4.90 Å². The van der Waals surface area contributed by atoms with E-state index in [1.807, 2.05) is 18.2 Å². The number of rotatable bonds is 5. The van der Waals surface area contributed by atoms with Gasteiger partial charge in [-0.25, -0.2) is 18.2 Å². The van der Waals surface area contributed by atoms with E-state index >= 15 is 0 Å². The van der Waals surface area contributed by atoms with Crippen LogP contribution in [-0.4, -0.2) is 84.9 Å². The van der Waals surface area contributed by atoms with Gasteiger partial charge in [0, 0.05) is 52.2 Å². The van der Waals surface area contributed by atoms with Crippen molar-refractivity contribution in [2.75, 3.05) is 44.7 Å². The molecule has 2 aromatic rings. The lowest BCUT2D eigenvalue weighted by Gasteiger charge is -2.37. The molecule has 11 heteroatoms.